The summed E-state index contributed by atoms with van der Waals surface area (Å²) in [6.45, 7) is 1.37. The molecule has 0 bridgehead atoms. The van der Waals surface area contributed by atoms with E-state index in [-0.39, 0.29) is 30.8 Å². The second-order valence-corrected chi connectivity index (χ2v) is 7.75. The highest BCUT2D eigenvalue weighted by atomic mass is 16.7. The van der Waals surface area contributed by atoms with Crippen molar-refractivity contribution in [1.82, 2.24) is 0 Å². The largest absolute Gasteiger partial charge is 0.493 e. The summed E-state index contributed by atoms with van der Waals surface area (Å²) in [6, 6.07) is 7.84. The molecule has 4 atom stereocenters. The van der Waals surface area contributed by atoms with Crippen LogP contribution in [0.15, 0.2) is 24.3 Å². The molecule has 3 heterocycles. The van der Waals surface area contributed by atoms with Crippen molar-refractivity contribution in [3.8, 4) is 34.5 Å². The molecule has 0 radical (unpaired) electrons. The smallest absolute Gasteiger partial charge is 0.231 e. The topological polar surface area (TPSA) is 73.8 Å². The monoisotopic (exact) mass is 430 g/mol. The predicted octanol–water partition coefficient (Wildman–Crippen LogP) is 3.52. The van der Waals surface area contributed by atoms with E-state index in [1.807, 2.05) is 24.3 Å². The minimum absolute atomic E-state index is 0.111. The van der Waals surface area contributed by atoms with Gasteiger partial charge in [-0.3, -0.25) is 0 Å². The first-order chi connectivity index (χ1) is 15.2. The maximum Gasteiger partial charge on any atom is 0.231 e. The van der Waals surface area contributed by atoms with E-state index in [9.17, 15) is 0 Å². The van der Waals surface area contributed by atoms with Gasteiger partial charge in [0.05, 0.1) is 53.9 Å². The maximum atomic E-state index is 6.26. The number of hydrogen-bond donors (Lipinski definition) is 0. The second kappa shape index (κ2) is 8.01. The minimum atomic E-state index is -0.125. The molecule has 2 aromatic carbocycles. The Bertz CT molecular complexity index is 949. The van der Waals surface area contributed by atoms with Crippen LogP contribution < -0.4 is 28.4 Å². The molecule has 0 amide bonds. The summed E-state index contributed by atoms with van der Waals surface area (Å²) in [5.41, 5.74) is 1.98. The van der Waals surface area contributed by atoms with Crippen molar-refractivity contribution >= 4 is 0 Å². The summed E-state index contributed by atoms with van der Waals surface area (Å²) in [7, 11) is 6.44. The Labute approximate surface area is 180 Å². The number of benzene rings is 2. The summed E-state index contributed by atoms with van der Waals surface area (Å²) >= 11 is 0. The molecular weight excluding hydrogens is 404 g/mol. The first-order valence-corrected chi connectivity index (χ1v) is 10.2. The van der Waals surface area contributed by atoms with Gasteiger partial charge in [-0.15, -0.1) is 0 Å². The van der Waals surface area contributed by atoms with Gasteiger partial charge < -0.3 is 37.9 Å². The van der Waals surface area contributed by atoms with Gasteiger partial charge in [-0.05, 0) is 35.4 Å². The minimum Gasteiger partial charge on any atom is -0.493 e. The van der Waals surface area contributed by atoms with E-state index in [0.717, 1.165) is 11.1 Å². The molecule has 0 aliphatic carbocycles. The number of fused-ring (bicyclic) bond motifs is 2. The molecular formula is C23H26O8. The number of ether oxygens (including phenoxy) is 8. The maximum absolute atomic E-state index is 6.26. The molecule has 2 saturated heterocycles. The third-order valence-electron chi connectivity index (χ3n) is 6.29. The van der Waals surface area contributed by atoms with E-state index in [2.05, 4.69) is 0 Å². The van der Waals surface area contributed by atoms with Crippen molar-refractivity contribution in [2.45, 2.75) is 12.2 Å². The Morgan fingerprint density at radius 3 is 1.77 bits per heavy atom. The van der Waals surface area contributed by atoms with E-state index in [0.29, 0.717) is 47.7 Å². The van der Waals surface area contributed by atoms with Crippen LogP contribution in [0.4, 0.5) is 0 Å². The Morgan fingerprint density at radius 1 is 0.677 bits per heavy atom. The number of methoxy groups -OCH3 is 4. The molecule has 166 valence electrons. The van der Waals surface area contributed by atoms with Gasteiger partial charge in [-0.25, -0.2) is 0 Å². The van der Waals surface area contributed by atoms with E-state index in [1.54, 1.807) is 28.4 Å². The lowest BCUT2D eigenvalue weighted by Gasteiger charge is -2.20. The van der Waals surface area contributed by atoms with Gasteiger partial charge in [0.15, 0.2) is 23.0 Å². The van der Waals surface area contributed by atoms with Crippen LogP contribution in [0.3, 0.4) is 0 Å². The number of hydrogen-bond acceptors (Lipinski definition) is 8. The van der Waals surface area contributed by atoms with E-state index in [1.165, 1.54) is 0 Å². The number of rotatable bonds is 6. The first kappa shape index (κ1) is 20.1. The quantitative estimate of drug-likeness (QED) is 0.689. The molecule has 0 aromatic heterocycles. The molecule has 3 aliphatic heterocycles. The third-order valence-corrected chi connectivity index (χ3v) is 6.29. The highest BCUT2D eigenvalue weighted by molar-refractivity contribution is 5.56. The fourth-order valence-corrected chi connectivity index (χ4v) is 4.81. The Kier molecular flexibility index (Phi) is 5.19. The van der Waals surface area contributed by atoms with Crippen molar-refractivity contribution in [2.75, 3.05) is 48.4 Å². The summed E-state index contributed by atoms with van der Waals surface area (Å²) in [5.74, 6) is 4.16. The summed E-state index contributed by atoms with van der Waals surface area (Å²) in [6.07, 6.45) is -0.236. The average molecular weight is 430 g/mol. The van der Waals surface area contributed by atoms with E-state index < -0.39 is 0 Å². The zero-order valence-electron chi connectivity index (χ0n) is 18.0. The van der Waals surface area contributed by atoms with Crippen molar-refractivity contribution < 1.29 is 37.9 Å². The Balaban J connectivity index is 1.44. The molecule has 0 N–H and O–H groups in total. The van der Waals surface area contributed by atoms with Gasteiger partial charge >= 0.3 is 0 Å². The highest BCUT2D eigenvalue weighted by Gasteiger charge is 2.48. The van der Waals surface area contributed by atoms with E-state index in [4.69, 9.17) is 37.9 Å². The zero-order chi connectivity index (χ0) is 21.5. The standard InChI is InChI=1S/C23H26O8/c1-24-16-5-12(6-17(25-2)22(16)27-4)20-14-9-29-21(15(14)10-28-20)13-7-18(26-3)23-19(8-13)30-11-31-23/h5-8,14-15,20-21H,9-11H2,1-4H3/t14?,15?,20-,21-/m1/s1. The lowest BCUT2D eigenvalue weighted by atomic mass is 9.84. The SMILES string of the molecule is COc1cc([C@H]2OCC3C2CO[C@@H]3c2cc(OC)c3c(c2)OCO3)cc(OC)c1OC. The molecule has 3 aliphatic rings. The Morgan fingerprint density at radius 2 is 1.23 bits per heavy atom. The van der Waals surface area contributed by atoms with Gasteiger partial charge in [-0.2, -0.15) is 0 Å². The van der Waals surface area contributed by atoms with Crippen molar-refractivity contribution in [1.29, 1.82) is 0 Å². The molecule has 8 nitrogen and oxygen atoms in total. The highest BCUT2D eigenvalue weighted by Crippen LogP contribution is 2.54. The normalized spacial score (nSPS) is 25.9. The van der Waals surface area contributed by atoms with Crippen LogP contribution >= 0.6 is 0 Å². The van der Waals surface area contributed by atoms with Crippen LogP contribution in [0, 0.1) is 11.8 Å². The van der Waals surface area contributed by atoms with Crippen molar-refractivity contribution in [3.05, 3.63) is 35.4 Å². The van der Waals surface area contributed by atoms with Gasteiger partial charge in [-0.1, -0.05) is 0 Å². The van der Waals surface area contributed by atoms with E-state index >= 15 is 0 Å². The van der Waals surface area contributed by atoms with Gasteiger partial charge in [0.25, 0.3) is 0 Å². The Hall–Kier alpha value is -2.84. The van der Waals surface area contributed by atoms with Crippen LogP contribution in [0.1, 0.15) is 23.3 Å². The summed E-state index contributed by atoms with van der Waals surface area (Å²) < 4.78 is 45.6. The molecule has 2 aromatic rings. The summed E-state index contributed by atoms with van der Waals surface area (Å²) in [4.78, 5) is 0. The molecule has 2 fully saturated rings. The average Bonchev–Trinajstić information content (AvgIpc) is 3.53. The van der Waals surface area contributed by atoms with Crippen LogP contribution in [-0.4, -0.2) is 48.4 Å². The van der Waals surface area contributed by atoms with Gasteiger partial charge in [0.2, 0.25) is 18.3 Å². The van der Waals surface area contributed by atoms with Gasteiger partial charge in [0.1, 0.15) is 0 Å². The lowest BCUT2D eigenvalue weighted by molar-refractivity contribution is 0.0190. The molecule has 8 heteroatoms. The molecule has 0 spiro atoms. The molecule has 31 heavy (non-hydrogen) atoms. The summed E-state index contributed by atoms with van der Waals surface area (Å²) in [5, 5.41) is 0. The van der Waals surface area contributed by atoms with Crippen LogP contribution in [-0.2, 0) is 9.47 Å². The first-order valence-electron chi connectivity index (χ1n) is 10.2. The van der Waals surface area contributed by atoms with Crippen molar-refractivity contribution in [3.63, 3.8) is 0 Å². The fourth-order valence-electron chi connectivity index (χ4n) is 4.81. The van der Waals surface area contributed by atoms with Crippen LogP contribution in [0.25, 0.3) is 0 Å². The third kappa shape index (κ3) is 3.21. The zero-order valence-corrected chi connectivity index (χ0v) is 18.0. The fraction of sp³-hybridized carbons (Fsp3) is 0.478. The molecule has 0 saturated carbocycles. The molecule has 5 rings (SSSR count). The predicted molar refractivity (Wildman–Crippen MR) is 110 cm³/mol. The van der Waals surface area contributed by atoms with Crippen LogP contribution in [0.5, 0.6) is 34.5 Å². The lowest BCUT2D eigenvalue weighted by Crippen LogP contribution is -2.15. The van der Waals surface area contributed by atoms with Gasteiger partial charge in [0, 0.05) is 11.8 Å². The second-order valence-electron chi connectivity index (χ2n) is 7.75. The van der Waals surface area contributed by atoms with Crippen LogP contribution in [0.2, 0.25) is 0 Å². The molecule has 2 unspecified atom stereocenters. The van der Waals surface area contributed by atoms with Crippen molar-refractivity contribution in [2.24, 2.45) is 11.8 Å².